The predicted molar refractivity (Wildman–Crippen MR) is 260 cm³/mol. The number of hydrogen-bond acceptors (Lipinski definition) is 2. The van der Waals surface area contributed by atoms with E-state index in [4.69, 9.17) is 0 Å². The first kappa shape index (κ1) is 38.6. The number of fused-ring (bicyclic) bond motifs is 9. The summed E-state index contributed by atoms with van der Waals surface area (Å²) in [6.07, 6.45) is 10.4. The van der Waals surface area contributed by atoms with Crippen LogP contribution in [0.1, 0.15) is 87.0 Å². The monoisotopic (exact) mass is 790 g/mol. The first-order valence-electron chi connectivity index (χ1n) is 21.9. The van der Waals surface area contributed by atoms with Gasteiger partial charge in [-0.3, -0.25) is 0 Å². The maximum absolute atomic E-state index is 2.50. The summed E-state index contributed by atoms with van der Waals surface area (Å²) in [4.78, 5) is 4.96. The van der Waals surface area contributed by atoms with Crippen molar-refractivity contribution in [2.75, 3.05) is 9.80 Å². The summed E-state index contributed by atoms with van der Waals surface area (Å²) < 4.78 is 0. The summed E-state index contributed by atoms with van der Waals surface area (Å²) in [7, 11) is 0. The lowest BCUT2D eigenvalue weighted by Crippen LogP contribution is -2.30. The zero-order valence-electron chi connectivity index (χ0n) is 36.8. The van der Waals surface area contributed by atoms with Crippen molar-refractivity contribution in [3.05, 3.63) is 230 Å². The van der Waals surface area contributed by atoms with Gasteiger partial charge in [0.2, 0.25) is 0 Å². The van der Waals surface area contributed by atoms with E-state index in [9.17, 15) is 0 Å². The number of nitrogens with zero attached hydrogens (tertiary/aromatic N) is 2. The van der Waals surface area contributed by atoms with Crippen LogP contribution in [-0.2, 0) is 5.41 Å². The van der Waals surface area contributed by atoms with Gasteiger partial charge in [-0.1, -0.05) is 110 Å². The Hall–Kier alpha value is -6.64. The SMILES string of the molecule is CC1=CC=C(N(c2ccc(C)c(C)c2)c2ccc3c(c2)C=Cc2ccc(N(c4ccc(C)c(C)c4)c4ccc(C)c(C)c4)cc2C32c3ccccc3-c3ccccc32)CC1C. The molecule has 0 aromatic heterocycles. The topological polar surface area (TPSA) is 6.48 Å². The molecule has 2 nitrogen and oxygen atoms in total. The number of aryl methyl sites for hydroxylation is 6. The predicted octanol–water partition coefficient (Wildman–Crippen LogP) is 15.9. The molecule has 3 aliphatic rings. The van der Waals surface area contributed by atoms with Gasteiger partial charge in [-0.15, -0.1) is 0 Å². The molecule has 7 aromatic carbocycles. The first-order chi connectivity index (χ1) is 29.5. The van der Waals surface area contributed by atoms with Gasteiger partial charge in [0.15, 0.2) is 0 Å². The van der Waals surface area contributed by atoms with E-state index in [-0.39, 0.29) is 0 Å². The summed E-state index contributed by atoms with van der Waals surface area (Å²) >= 11 is 0. The molecule has 61 heavy (non-hydrogen) atoms. The molecule has 0 saturated carbocycles. The van der Waals surface area contributed by atoms with Crippen LogP contribution >= 0.6 is 0 Å². The van der Waals surface area contributed by atoms with Gasteiger partial charge in [-0.25, -0.2) is 0 Å². The number of hydrogen-bond donors (Lipinski definition) is 0. The number of rotatable bonds is 6. The lowest BCUT2D eigenvalue weighted by Gasteiger charge is -2.37. The molecule has 0 fully saturated rings. The molecule has 1 spiro atoms. The van der Waals surface area contributed by atoms with Crippen LogP contribution in [0.2, 0.25) is 0 Å². The molecule has 1 unspecified atom stereocenters. The molecule has 0 heterocycles. The van der Waals surface area contributed by atoms with Gasteiger partial charge in [-0.05, 0) is 205 Å². The van der Waals surface area contributed by atoms with Gasteiger partial charge >= 0.3 is 0 Å². The highest BCUT2D eigenvalue weighted by Gasteiger charge is 2.48. The molecule has 2 heteroatoms. The second-order valence-electron chi connectivity index (χ2n) is 17.9. The van der Waals surface area contributed by atoms with Gasteiger partial charge in [-0.2, -0.15) is 0 Å². The molecule has 0 bridgehead atoms. The second-order valence-corrected chi connectivity index (χ2v) is 17.9. The molecule has 0 aliphatic heterocycles. The third-order valence-corrected chi connectivity index (χ3v) is 14.2. The molecule has 0 radical (unpaired) electrons. The summed E-state index contributed by atoms with van der Waals surface area (Å²) in [6.45, 7) is 17.9. The van der Waals surface area contributed by atoms with Crippen LogP contribution in [-0.4, -0.2) is 0 Å². The van der Waals surface area contributed by atoms with E-state index in [1.165, 1.54) is 101 Å². The summed E-state index contributed by atoms with van der Waals surface area (Å²) in [5.74, 6) is 0.473. The van der Waals surface area contributed by atoms with E-state index >= 15 is 0 Å². The largest absolute Gasteiger partial charge is 0.314 e. The van der Waals surface area contributed by atoms with E-state index in [2.05, 4.69) is 229 Å². The van der Waals surface area contributed by atoms with Crippen molar-refractivity contribution in [2.24, 2.45) is 5.92 Å². The maximum Gasteiger partial charge on any atom is 0.0725 e. The van der Waals surface area contributed by atoms with Gasteiger partial charge in [0.25, 0.3) is 0 Å². The van der Waals surface area contributed by atoms with E-state index in [1.54, 1.807) is 0 Å². The highest BCUT2D eigenvalue weighted by Crippen LogP contribution is 2.59. The van der Waals surface area contributed by atoms with Crippen molar-refractivity contribution in [1.82, 2.24) is 0 Å². The van der Waals surface area contributed by atoms with Crippen molar-refractivity contribution in [3.63, 3.8) is 0 Å². The summed E-state index contributed by atoms with van der Waals surface area (Å²) in [6, 6.07) is 53.4. The molecule has 1 atom stereocenters. The Labute approximate surface area is 362 Å². The minimum atomic E-state index is -0.572. The zero-order valence-corrected chi connectivity index (χ0v) is 36.8. The molecule has 0 amide bonds. The van der Waals surface area contributed by atoms with Crippen molar-refractivity contribution in [3.8, 4) is 11.1 Å². The third kappa shape index (κ3) is 6.23. The Balaban J connectivity index is 1.24. The maximum atomic E-state index is 2.50. The van der Waals surface area contributed by atoms with E-state index in [1.807, 2.05) is 0 Å². The molecular formula is C59H54N2. The number of anilines is 5. The van der Waals surface area contributed by atoms with Crippen molar-refractivity contribution in [2.45, 2.75) is 67.2 Å². The van der Waals surface area contributed by atoms with Crippen LogP contribution in [0.5, 0.6) is 0 Å². The van der Waals surface area contributed by atoms with E-state index < -0.39 is 5.41 Å². The quantitative estimate of drug-likeness (QED) is 0.166. The molecule has 10 rings (SSSR count). The standard InChI is InChI=1S/C59H54N2/c1-37-17-24-47(31-41(37)5)60(48-25-18-38(2)42(6)32-48)51-29-30-55-46(35-51)22-21-45-23-28-52(61(49-26-19-39(3)43(7)33-49)50-27-20-40(4)44(8)34-50)36-58(45)59(55)56-15-11-9-13-53(56)54-14-10-12-16-57(54)59/h9-31,33-36,42H,32H2,1-8H3. The Morgan fingerprint density at radius 3 is 1.44 bits per heavy atom. The van der Waals surface area contributed by atoms with Crippen LogP contribution in [0.4, 0.5) is 28.4 Å². The number of allylic oxidation sites excluding steroid dienone is 4. The Bertz CT molecular complexity index is 2910. The lowest BCUT2D eigenvalue weighted by molar-refractivity contribution is 0.653. The first-order valence-corrected chi connectivity index (χ1v) is 21.9. The third-order valence-electron chi connectivity index (χ3n) is 14.2. The van der Waals surface area contributed by atoms with Crippen molar-refractivity contribution < 1.29 is 0 Å². The second kappa shape index (κ2) is 14.8. The van der Waals surface area contributed by atoms with Gasteiger partial charge in [0.1, 0.15) is 0 Å². The van der Waals surface area contributed by atoms with E-state index in [0.717, 1.165) is 23.5 Å². The summed E-state index contributed by atoms with van der Waals surface area (Å²) in [5, 5.41) is 0. The molecule has 300 valence electrons. The molecular weight excluding hydrogens is 737 g/mol. The fourth-order valence-electron chi connectivity index (χ4n) is 10.1. The molecule has 7 aromatic rings. The van der Waals surface area contributed by atoms with Crippen molar-refractivity contribution in [1.29, 1.82) is 0 Å². The average Bonchev–Trinajstić information content (AvgIpc) is 3.47. The van der Waals surface area contributed by atoms with Crippen LogP contribution in [0.3, 0.4) is 0 Å². The average molecular weight is 791 g/mol. The van der Waals surface area contributed by atoms with Gasteiger partial charge < -0.3 is 9.80 Å². The molecule has 3 aliphatic carbocycles. The Morgan fingerprint density at radius 2 is 0.885 bits per heavy atom. The number of benzene rings is 7. The van der Waals surface area contributed by atoms with Gasteiger partial charge in [0, 0.05) is 34.1 Å². The highest BCUT2D eigenvalue weighted by atomic mass is 15.2. The smallest absolute Gasteiger partial charge is 0.0725 e. The minimum absolute atomic E-state index is 0.473. The van der Waals surface area contributed by atoms with Crippen molar-refractivity contribution >= 4 is 40.6 Å². The fourth-order valence-corrected chi connectivity index (χ4v) is 10.1. The normalized spacial score (nSPS) is 15.6. The highest BCUT2D eigenvalue weighted by molar-refractivity contribution is 5.93. The Kier molecular flexibility index (Phi) is 9.37. The van der Waals surface area contributed by atoms with Gasteiger partial charge in [0.05, 0.1) is 5.41 Å². The van der Waals surface area contributed by atoms with Crippen LogP contribution in [0, 0.1) is 47.5 Å². The van der Waals surface area contributed by atoms with E-state index in [0.29, 0.717) is 5.92 Å². The van der Waals surface area contributed by atoms with Crippen LogP contribution < -0.4 is 9.80 Å². The van der Waals surface area contributed by atoms with Crippen LogP contribution in [0.15, 0.2) is 163 Å². The Morgan fingerprint density at radius 1 is 0.410 bits per heavy atom. The molecule has 0 saturated heterocycles. The zero-order chi connectivity index (χ0) is 42.2. The molecule has 0 N–H and O–H groups in total. The lowest BCUT2D eigenvalue weighted by atomic mass is 9.66. The minimum Gasteiger partial charge on any atom is -0.314 e. The van der Waals surface area contributed by atoms with Crippen LogP contribution in [0.25, 0.3) is 23.3 Å². The summed E-state index contributed by atoms with van der Waals surface area (Å²) in [5.41, 5.74) is 26.0. The fraction of sp³-hybridized carbons (Fsp3) is 0.186.